The van der Waals surface area contributed by atoms with Gasteiger partial charge in [-0.1, -0.05) is 0 Å². The van der Waals surface area contributed by atoms with Gasteiger partial charge in [0, 0.05) is 12.5 Å². The minimum absolute atomic E-state index is 0.0547. The van der Waals surface area contributed by atoms with Crippen LogP contribution in [0, 0.1) is 17.6 Å². The van der Waals surface area contributed by atoms with Gasteiger partial charge in [0.25, 0.3) is 0 Å². The van der Waals surface area contributed by atoms with E-state index >= 15 is 0 Å². The monoisotopic (exact) mass is 437 g/mol. The summed E-state index contributed by atoms with van der Waals surface area (Å²) in [7, 11) is 1.07. The van der Waals surface area contributed by atoms with Crippen molar-refractivity contribution in [3.63, 3.8) is 0 Å². The van der Waals surface area contributed by atoms with Gasteiger partial charge in [-0.3, -0.25) is 9.59 Å². The van der Waals surface area contributed by atoms with Crippen LogP contribution in [0.2, 0.25) is 0 Å². The average molecular weight is 437 g/mol. The molecule has 0 aliphatic carbocycles. The van der Waals surface area contributed by atoms with Crippen LogP contribution in [-0.2, 0) is 25.2 Å². The van der Waals surface area contributed by atoms with Gasteiger partial charge in [-0.25, -0.2) is 13.6 Å². The van der Waals surface area contributed by atoms with Gasteiger partial charge < -0.3 is 14.4 Å². The molecule has 2 rings (SSSR count). The van der Waals surface area contributed by atoms with Gasteiger partial charge in [0.05, 0.1) is 19.8 Å². The molecular weight excluding hydrogens is 417 g/mol. The Hall–Kier alpha value is -2.72. The van der Waals surface area contributed by atoms with E-state index in [1.54, 1.807) is 6.92 Å². The highest BCUT2D eigenvalue weighted by Crippen LogP contribution is 2.39. The fourth-order valence-corrected chi connectivity index (χ4v) is 3.46. The van der Waals surface area contributed by atoms with Gasteiger partial charge >= 0.3 is 18.2 Å². The van der Waals surface area contributed by atoms with E-state index in [0.29, 0.717) is 12.1 Å². The summed E-state index contributed by atoms with van der Waals surface area (Å²) in [5.74, 6) is -5.64. The van der Waals surface area contributed by atoms with Crippen molar-refractivity contribution in [2.24, 2.45) is 5.92 Å². The maximum absolute atomic E-state index is 14.1. The number of carbonyl (C=O) groups is 3. The molecule has 0 radical (unpaired) electrons. The number of carbonyl (C=O) groups excluding carboxylic acids is 3. The maximum atomic E-state index is 14.1. The lowest BCUT2D eigenvalue weighted by Gasteiger charge is -2.38. The zero-order valence-electron chi connectivity index (χ0n) is 16.2. The molecule has 1 aromatic carbocycles. The van der Waals surface area contributed by atoms with E-state index in [1.165, 1.54) is 0 Å². The predicted molar refractivity (Wildman–Crippen MR) is 92.2 cm³/mol. The standard InChI is InChI=1S/C19H20F5NO5/c1-3-30-16(27)9-15(26)10-4-5-25(18(28)29-2)14(8-10)11-6-12(20)17(13(21)7-11)19(22,23)24/h6-7,10,14H,3-5,8-9H2,1-2H3. The number of hydrogen-bond donors (Lipinski definition) is 0. The summed E-state index contributed by atoms with van der Waals surface area (Å²) < 4.78 is 76.0. The second kappa shape index (κ2) is 9.40. The van der Waals surface area contributed by atoms with Gasteiger partial charge in [-0.15, -0.1) is 0 Å². The van der Waals surface area contributed by atoms with Crippen LogP contribution >= 0.6 is 0 Å². The lowest BCUT2D eigenvalue weighted by atomic mass is 9.83. The molecule has 0 N–H and O–H groups in total. The molecule has 1 aliphatic rings. The molecule has 6 nitrogen and oxygen atoms in total. The van der Waals surface area contributed by atoms with Crippen LogP contribution in [0.1, 0.15) is 43.4 Å². The van der Waals surface area contributed by atoms with Crippen molar-refractivity contribution in [3.8, 4) is 0 Å². The number of benzene rings is 1. The van der Waals surface area contributed by atoms with Crippen molar-refractivity contribution in [1.82, 2.24) is 4.90 Å². The quantitative estimate of drug-likeness (QED) is 0.395. The Bertz CT molecular complexity index is 803. The Morgan fingerprint density at radius 1 is 1.17 bits per heavy atom. The minimum atomic E-state index is -5.24. The van der Waals surface area contributed by atoms with Crippen LogP contribution in [-0.4, -0.2) is 43.0 Å². The number of alkyl halides is 3. The Morgan fingerprint density at radius 2 is 1.77 bits per heavy atom. The fourth-order valence-electron chi connectivity index (χ4n) is 3.46. The lowest BCUT2D eigenvalue weighted by molar-refractivity contribution is -0.147. The summed E-state index contributed by atoms with van der Waals surface area (Å²) in [5, 5.41) is 0. The SMILES string of the molecule is CCOC(=O)CC(=O)C1CCN(C(=O)OC)C(c2cc(F)c(C(F)(F)F)c(F)c2)C1. The zero-order valence-corrected chi connectivity index (χ0v) is 16.2. The van der Waals surface area contributed by atoms with E-state index in [-0.39, 0.29) is 31.6 Å². The molecule has 2 unspecified atom stereocenters. The lowest BCUT2D eigenvalue weighted by Crippen LogP contribution is -2.43. The molecule has 1 saturated heterocycles. The first-order chi connectivity index (χ1) is 14.0. The molecule has 1 aliphatic heterocycles. The molecule has 0 spiro atoms. The Morgan fingerprint density at radius 3 is 2.27 bits per heavy atom. The minimum Gasteiger partial charge on any atom is -0.466 e. The third-order valence-corrected chi connectivity index (χ3v) is 4.82. The smallest absolute Gasteiger partial charge is 0.422 e. The van der Waals surface area contributed by atoms with E-state index in [2.05, 4.69) is 4.74 Å². The summed E-state index contributed by atoms with van der Waals surface area (Å²) in [6, 6.07) is -0.135. The second-order valence-electron chi connectivity index (χ2n) is 6.71. The first-order valence-corrected chi connectivity index (χ1v) is 9.08. The second-order valence-corrected chi connectivity index (χ2v) is 6.71. The largest absolute Gasteiger partial charge is 0.466 e. The molecule has 0 saturated carbocycles. The summed E-state index contributed by atoms with van der Waals surface area (Å²) in [6.45, 7) is 1.60. The van der Waals surface area contributed by atoms with Gasteiger partial charge in [-0.05, 0) is 37.5 Å². The molecular formula is C19H20F5NO5. The number of esters is 1. The van der Waals surface area contributed by atoms with E-state index in [4.69, 9.17) is 4.74 Å². The van der Waals surface area contributed by atoms with Crippen LogP contribution in [0.15, 0.2) is 12.1 Å². The number of hydrogen-bond acceptors (Lipinski definition) is 5. The molecule has 1 aromatic rings. The molecule has 1 amide bonds. The third-order valence-electron chi connectivity index (χ3n) is 4.82. The number of amides is 1. The molecule has 1 heterocycles. The highest BCUT2D eigenvalue weighted by atomic mass is 19.4. The van der Waals surface area contributed by atoms with Crippen molar-refractivity contribution < 1.29 is 45.8 Å². The van der Waals surface area contributed by atoms with Gasteiger partial charge in [0.2, 0.25) is 0 Å². The number of ether oxygens (including phenoxy) is 2. The van der Waals surface area contributed by atoms with Crippen molar-refractivity contribution >= 4 is 17.8 Å². The summed E-state index contributed by atoms with van der Waals surface area (Å²) in [6.07, 6.45) is -6.61. The number of likely N-dealkylation sites (tertiary alicyclic amines) is 1. The normalized spacial score (nSPS) is 19.4. The van der Waals surface area contributed by atoms with Crippen LogP contribution in [0.3, 0.4) is 0 Å². The Labute approximate surface area is 168 Å². The zero-order chi connectivity index (χ0) is 22.6. The van der Waals surface area contributed by atoms with Crippen LogP contribution in [0.25, 0.3) is 0 Å². The third kappa shape index (κ3) is 5.25. The highest BCUT2D eigenvalue weighted by Gasteiger charge is 2.41. The molecule has 0 aromatic heterocycles. The first kappa shape index (κ1) is 23.6. The number of Topliss-reactive ketones (excluding diaryl/α,β-unsaturated/α-hetero) is 1. The number of halogens is 5. The number of rotatable bonds is 5. The summed E-state index contributed by atoms with van der Waals surface area (Å²) in [5.41, 5.74) is -2.29. The van der Waals surface area contributed by atoms with Crippen molar-refractivity contribution in [2.45, 2.75) is 38.4 Å². The van der Waals surface area contributed by atoms with Gasteiger partial charge in [0.15, 0.2) is 0 Å². The van der Waals surface area contributed by atoms with E-state index in [0.717, 1.165) is 12.0 Å². The number of ketones is 1. The van der Waals surface area contributed by atoms with Crippen molar-refractivity contribution in [2.75, 3.05) is 20.3 Å². The topological polar surface area (TPSA) is 72.9 Å². The molecule has 30 heavy (non-hydrogen) atoms. The molecule has 166 valence electrons. The Balaban J connectivity index is 2.36. The van der Waals surface area contributed by atoms with Gasteiger partial charge in [-0.2, -0.15) is 13.2 Å². The fraction of sp³-hybridized carbons (Fsp3) is 0.526. The predicted octanol–water partition coefficient (Wildman–Crippen LogP) is 4.03. The highest BCUT2D eigenvalue weighted by molar-refractivity contribution is 5.97. The van der Waals surface area contributed by atoms with E-state index < -0.39 is 59.6 Å². The van der Waals surface area contributed by atoms with Crippen LogP contribution in [0.4, 0.5) is 26.7 Å². The first-order valence-electron chi connectivity index (χ1n) is 9.08. The molecule has 0 bridgehead atoms. The van der Waals surface area contributed by atoms with Crippen LogP contribution in [0.5, 0.6) is 0 Å². The van der Waals surface area contributed by atoms with Crippen molar-refractivity contribution in [3.05, 3.63) is 34.9 Å². The van der Waals surface area contributed by atoms with Gasteiger partial charge in [0.1, 0.15) is 29.4 Å². The average Bonchev–Trinajstić information content (AvgIpc) is 2.65. The molecule has 2 atom stereocenters. The summed E-state index contributed by atoms with van der Waals surface area (Å²) >= 11 is 0. The number of piperidine rings is 1. The maximum Gasteiger partial charge on any atom is 0.422 e. The van der Waals surface area contributed by atoms with E-state index in [9.17, 15) is 36.3 Å². The molecule has 1 fully saturated rings. The van der Waals surface area contributed by atoms with Crippen LogP contribution < -0.4 is 0 Å². The molecule has 11 heteroatoms. The summed E-state index contributed by atoms with van der Waals surface area (Å²) in [4.78, 5) is 37.1. The number of nitrogens with zero attached hydrogens (tertiary/aromatic N) is 1. The number of methoxy groups -OCH3 is 1. The Kier molecular flexibility index (Phi) is 7.38. The van der Waals surface area contributed by atoms with Crippen molar-refractivity contribution in [1.29, 1.82) is 0 Å². The van der Waals surface area contributed by atoms with E-state index in [1.807, 2.05) is 0 Å².